The fourth-order valence-corrected chi connectivity index (χ4v) is 4.15. The number of fused-ring (bicyclic) bond motifs is 1. The van der Waals surface area contributed by atoms with Gasteiger partial charge in [-0.1, -0.05) is 23.7 Å². The molecule has 8 heteroatoms. The number of ether oxygens (including phenoxy) is 1. The number of thiazole rings is 1. The van der Waals surface area contributed by atoms with Crippen molar-refractivity contribution in [2.45, 2.75) is 0 Å². The molecule has 0 atom stereocenters. The number of para-hydroxylation sites is 1. The molecule has 3 heterocycles. The van der Waals surface area contributed by atoms with Crippen molar-refractivity contribution in [2.24, 2.45) is 0 Å². The molecule has 0 fully saturated rings. The van der Waals surface area contributed by atoms with E-state index < -0.39 is 0 Å². The molecule has 0 bridgehead atoms. The predicted octanol–water partition coefficient (Wildman–Crippen LogP) is 5.53. The first-order chi connectivity index (χ1) is 12.1. The smallest absolute Gasteiger partial charge is 0.293 e. The number of nitrogens with one attached hydrogen (secondary N) is 1. The molecule has 0 saturated heterocycles. The van der Waals surface area contributed by atoms with Crippen molar-refractivity contribution in [2.75, 3.05) is 12.4 Å². The monoisotopic (exact) mass is 390 g/mol. The first-order valence-electron chi connectivity index (χ1n) is 7.23. The summed E-state index contributed by atoms with van der Waals surface area (Å²) in [5.41, 5.74) is 1.33. The van der Waals surface area contributed by atoms with E-state index in [4.69, 9.17) is 20.8 Å². The molecule has 3 aromatic heterocycles. The Hall–Kier alpha value is -2.35. The van der Waals surface area contributed by atoms with E-state index in [1.807, 2.05) is 29.6 Å². The first kappa shape index (κ1) is 16.1. The summed E-state index contributed by atoms with van der Waals surface area (Å²) < 4.78 is 11.6. The summed E-state index contributed by atoms with van der Waals surface area (Å²) in [7, 11) is 1.56. The van der Waals surface area contributed by atoms with Crippen LogP contribution in [0, 0.1) is 0 Å². The van der Waals surface area contributed by atoms with E-state index in [0.717, 1.165) is 16.0 Å². The number of benzene rings is 1. The van der Waals surface area contributed by atoms with Crippen molar-refractivity contribution in [1.82, 2.24) is 4.98 Å². The lowest BCUT2D eigenvalue weighted by molar-refractivity contribution is 0.0998. The van der Waals surface area contributed by atoms with E-state index in [-0.39, 0.29) is 11.7 Å². The number of carbonyl (C=O) groups excluding carboxylic acids is 1. The Labute approximate surface area is 155 Å². The fourth-order valence-electron chi connectivity index (χ4n) is 2.36. The van der Waals surface area contributed by atoms with Gasteiger partial charge in [0.15, 0.2) is 22.2 Å². The van der Waals surface area contributed by atoms with Gasteiger partial charge in [-0.25, -0.2) is 4.98 Å². The number of nitrogens with zero attached hydrogens (tertiary/aromatic N) is 1. The van der Waals surface area contributed by atoms with Gasteiger partial charge in [-0.05, 0) is 24.3 Å². The number of halogens is 1. The van der Waals surface area contributed by atoms with Crippen LogP contribution in [0.2, 0.25) is 4.34 Å². The number of amides is 1. The number of hydrogen-bond donors (Lipinski definition) is 1. The number of hydrogen-bond acceptors (Lipinski definition) is 6. The Morgan fingerprint density at radius 2 is 2.20 bits per heavy atom. The second-order valence-corrected chi connectivity index (χ2v) is 7.66. The Balaban J connectivity index is 1.57. The van der Waals surface area contributed by atoms with Gasteiger partial charge in [0.05, 0.1) is 22.0 Å². The minimum absolute atomic E-state index is 0.204. The highest BCUT2D eigenvalue weighted by Gasteiger charge is 2.16. The van der Waals surface area contributed by atoms with Crippen molar-refractivity contribution >= 4 is 56.3 Å². The molecule has 0 saturated carbocycles. The molecule has 5 nitrogen and oxygen atoms in total. The van der Waals surface area contributed by atoms with Gasteiger partial charge in [-0.3, -0.25) is 10.1 Å². The molecule has 0 radical (unpaired) electrons. The molecular weight excluding hydrogens is 380 g/mol. The predicted molar refractivity (Wildman–Crippen MR) is 101 cm³/mol. The van der Waals surface area contributed by atoms with Gasteiger partial charge in [0, 0.05) is 10.8 Å². The molecule has 1 aromatic carbocycles. The normalized spacial score (nSPS) is 11.0. The lowest BCUT2D eigenvalue weighted by Crippen LogP contribution is -2.10. The Kier molecular flexibility index (Phi) is 4.20. The molecule has 0 unspecified atom stereocenters. The number of furan rings is 1. The van der Waals surface area contributed by atoms with E-state index in [1.165, 1.54) is 22.7 Å². The van der Waals surface area contributed by atoms with E-state index in [9.17, 15) is 4.79 Å². The van der Waals surface area contributed by atoms with Gasteiger partial charge in [0.2, 0.25) is 0 Å². The van der Waals surface area contributed by atoms with Crippen LogP contribution in [-0.2, 0) is 0 Å². The molecule has 1 N–H and O–H groups in total. The van der Waals surface area contributed by atoms with Gasteiger partial charge >= 0.3 is 0 Å². The third kappa shape index (κ3) is 3.13. The number of anilines is 1. The van der Waals surface area contributed by atoms with Crippen LogP contribution >= 0.6 is 34.3 Å². The van der Waals surface area contributed by atoms with Crippen LogP contribution in [0.3, 0.4) is 0 Å². The Morgan fingerprint density at radius 1 is 1.32 bits per heavy atom. The van der Waals surface area contributed by atoms with Gasteiger partial charge in [-0.15, -0.1) is 22.7 Å². The van der Waals surface area contributed by atoms with Crippen LogP contribution < -0.4 is 10.1 Å². The van der Waals surface area contributed by atoms with E-state index in [1.54, 1.807) is 19.2 Å². The van der Waals surface area contributed by atoms with Gasteiger partial charge < -0.3 is 9.15 Å². The molecule has 0 spiro atoms. The quantitative estimate of drug-likeness (QED) is 0.497. The lowest BCUT2D eigenvalue weighted by Gasteiger charge is -1.99. The van der Waals surface area contributed by atoms with Crippen LogP contribution in [0.5, 0.6) is 5.75 Å². The van der Waals surface area contributed by atoms with Crippen molar-refractivity contribution in [1.29, 1.82) is 0 Å². The third-order valence-corrected chi connectivity index (χ3v) is 5.51. The maximum absolute atomic E-state index is 12.4. The largest absolute Gasteiger partial charge is 0.493 e. The third-order valence-electron chi connectivity index (χ3n) is 3.50. The summed E-state index contributed by atoms with van der Waals surface area (Å²) in [5, 5.41) is 5.93. The maximum atomic E-state index is 12.4. The zero-order valence-corrected chi connectivity index (χ0v) is 15.3. The minimum Gasteiger partial charge on any atom is -0.493 e. The van der Waals surface area contributed by atoms with E-state index >= 15 is 0 Å². The van der Waals surface area contributed by atoms with Gasteiger partial charge in [0.1, 0.15) is 0 Å². The zero-order valence-electron chi connectivity index (χ0n) is 12.9. The standard InChI is InChI=1S/C17H11ClN2O3S2/c1-22-11-4-2-3-9-7-12(23-15(9)11)16(21)20-17-19-10(8-24-17)13-5-6-14(18)25-13/h2-8H,1H3,(H,19,20,21). The molecule has 4 rings (SSSR count). The minimum atomic E-state index is -0.358. The lowest BCUT2D eigenvalue weighted by atomic mass is 10.2. The topological polar surface area (TPSA) is 64.4 Å². The summed E-state index contributed by atoms with van der Waals surface area (Å²) in [6.07, 6.45) is 0. The summed E-state index contributed by atoms with van der Waals surface area (Å²) in [6, 6.07) is 10.9. The average Bonchev–Trinajstić information content (AvgIpc) is 3.32. The molecule has 1 amide bonds. The fraction of sp³-hybridized carbons (Fsp3) is 0.0588. The van der Waals surface area contributed by atoms with Crippen LogP contribution in [0.4, 0.5) is 5.13 Å². The highest BCUT2D eigenvalue weighted by Crippen LogP contribution is 2.33. The summed E-state index contributed by atoms with van der Waals surface area (Å²) in [5.74, 6) is 0.432. The molecule has 25 heavy (non-hydrogen) atoms. The maximum Gasteiger partial charge on any atom is 0.293 e. The summed E-state index contributed by atoms with van der Waals surface area (Å²) in [6.45, 7) is 0. The number of rotatable bonds is 4. The van der Waals surface area contributed by atoms with Crippen molar-refractivity contribution in [3.63, 3.8) is 0 Å². The van der Waals surface area contributed by atoms with Crippen LogP contribution in [0.1, 0.15) is 10.6 Å². The van der Waals surface area contributed by atoms with E-state index in [0.29, 0.717) is 20.8 Å². The van der Waals surface area contributed by atoms with Crippen molar-refractivity contribution < 1.29 is 13.9 Å². The summed E-state index contributed by atoms with van der Waals surface area (Å²) >= 11 is 8.73. The van der Waals surface area contributed by atoms with Crippen LogP contribution in [0.25, 0.3) is 21.5 Å². The number of thiophene rings is 1. The van der Waals surface area contributed by atoms with Crippen LogP contribution in [0.15, 0.2) is 46.2 Å². The SMILES string of the molecule is COc1cccc2cc(C(=O)Nc3nc(-c4ccc(Cl)s4)cs3)oc12. The molecule has 0 aliphatic carbocycles. The average molecular weight is 391 g/mol. The van der Waals surface area contributed by atoms with Crippen LogP contribution in [-0.4, -0.2) is 18.0 Å². The highest BCUT2D eigenvalue weighted by atomic mass is 35.5. The molecular formula is C17H11ClN2O3S2. The molecule has 0 aliphatic heterocycles. The summed E-state index contributed by atoms with van der Waals surface area (Å²) in [4.78, 5) is 17.8. The van der Waals surface area contributed by atoms with Gasteiger partial charge in [-0.2, -0.15) is 0 Å². The molecule has 4 aromatic rings. The number of methoxy groups -OCH3 is 1. The second kappa shape index (κ2) is 6.51. The first-order valence-corrected chi connectivity index (χ1v) is 9.30. The Bertz CT molecular complexity index is 1070. The van der Waals surface area contributed by atoms with E-state index in [2.05, 4.69) is 10.3 Å². The highest BCUT2D eigenvalue weighted by molar-refractivity contribution is 7.20. The van der Waals surface area contributed by atoms with Crippen molar-refractivity contribution in [3.8, 4) is 16.3 Å². The van der Waals surface area contributed by atoms with Crippen molar-refractivity contribution in [3.05, 3.63) is 51.9 Å². The Morgan fingerprint density at radius 3 is 2.96 bits per heavy atom. The molecule has 126 valence electrons. The zero-order chi connectivity index (χ0) is 17.4. The number of aromatic nitrogens is 1. The molecule has 0 aliphatic rings. The van der Waals surface area contributed by atoms with Gasteiger partial charge in [0.25, 0.3) is 5.91 Å². The second-order valence-electron chi connectivity index (χ2n) is 5.09. The number of carbonyl (C=O) groups is 1.